The van der Waals surface area contributed by atoms with E-state index in [4.69, 9.17) is 10.5 Å². The summed E-state index contributed by atoms with van der Waals surface area (Å²) in [4.78, 5) is 24.5. The molecule has 0 aromatic heterocycles. The number of hydrogen-bond acceptors (Lipinski definition) is 4. The molecule has 7 nitrogen and oxygen atoms in total. The minimum absolute atomic E-state index is 0.176. The Morgan fingerprint density at radius 1 is 1.22 bits per heavy atom. The number of ether oxygens (including phenoxy) is 1. The lowest BCUT2D eigenvalue weighted by Gasteiger charge is -2.31. The highest BCUT2D eigenvalue weighted by Gasteiger charge is 2.35. The molecule has 104 valence electrons. The lowest BCUT2D eigenvalue weighted by atomic mass is 9.90. The molecule has 3 amide bonds. The van der Waals surface area contributed by atoms with E-state index in [0.29, 0.717) is 39.1 Å². The van der Waals surface area contributed by atoms with Gasteiger partial charge in [0.25, 0.3) is 0 Å². The summed E-state index contributed by atoms with van der Waals surface area (Å²) in [5, 5.41) is 5.39. The largest absolute Gasteiger partial charge is 0.381 e. The first-order valence-corrected chi connectivity index (χ1v) is 6.06. The summed E-state index contributed by atoms with van der Waals surface area (Å²) >= 11 is 0. The highest BCUT2D eigenvalue weighted by Crippen LogP contribution is 2.17. The summed E-state index contributed by atoms with van der Waals surface area (Å²) in [5.41, 5.74) is 5.18. The Balaban J connectivity index is 2.22. The van der Waals surface area contributed by atoms with Gasteiger partial charge in [0.05, 0.1) is 5.54 Å². The third-order valence-electron chi connectivity index (χ3n) is 2.93. The van der Waals surface area contributed by atoms with Crippen LogP contribution in [-0.4, -0.2) is 62.8 Å². The van der Waals surface area contributed by atoms with E-state index in [2.05, 4.69) is 10.6 Å². The number of nitrogens with two attached hydrogens (primary N) is 1. The molecular formula is C11H22N4O3. The van der Waals surface area contributed by atoms with E-state index in [0.717, 1.165) is 0 Å². The van der Waals surface area contributed by atoms with E-state index < -0.39 is 5.54 Å². The van der Waals surface area contributed by atoms with Crippen LogP contribution < -0.4 is 16.4 Å². The number of carbonyl (C=O) groups excluding carboxylic acids is 2. The topological polar surface area (TPSA) is 96.7 Å². The van der Waals surface area contributed by atoms with Gasteiger partial charge in [-0.05, 0) is 12.8 Å². The smallest absolute Gasteiger partial charge is 0.316 e. The maximum Gasteiger partial charge on any atom is 0.316 e. The van der Waals surface area contributed by atoms with Crippen molar-refractivity contribution in [1.29, 1.82) is 0 Å². The van der Waals surface area contributed by atoms with Gasteiger partial charge in [0, 0.05) is 40.4 Å². The van der Waals surface area contributed by atoms with Crippen LogP contribution in [0.4, 0.5) is 4.79 Å². The molecule has 0 aromatic carbocycles. The molecule has 4 N–H and O–H groups in total. The van der Waals surface area contributed by atoms with E-state index >= 15 is 0 Å². The highest BCUT2D eigenvalue weighted by atomic mass is 16.5. The Morgan fingerprint density at radius 3 is 2.33 bits per heavy atom. The average molecular weight is 258 g/mol. The first-order valence-electron chi connectivity index (χ1n) is 6.06. The van der Waals surface area contributed by atoms with Crippen molar-refractivity contribution in [3.63, 3.8) is 0 Å². The predicted molar refractivity (Wildman–Crippen MR) is 67.1 cm³/mol. The van der Waals surface area contributed by atoms with Crippen molar-refractivity contribution < 1.29 is 14.3 Å². The van der Waals surface area contributed by atoms with Crippen LogP contribution >= 0.6 is 0 Å². The van der Waals surface area contributed by atoms with E-state index in [1.54, 1.807) is 14.1 Å². The van der Waals surface area contributed by atoms with Crippen molar-refractivity contribution in [1.82, 2.24) is 15.5 Å². The SMILES string of the molecule is CN(C)C(=O)NCCNC(=O)C1(N)CCOCC1. The maximum atomic E-state index is 11.9. The maximum absolute atomic E-state index is 11.9. The molecule has 1 rings (SSSR count). The van der Waals surface area contributed by atoms with Gasteiger partial charge >= 0.3 is 6.03 Å². The molecule has 1 fully saturated rings. The molecule has 1 aliphatic rings. The van der Waals surface area contributed by atoms with Crippen LogP contribution in [0.2, 0.25) is 0 Å². The van der Waals surface area contributed by atoms with Gasteiger partial charge in [-0.25, -0.2) is 4.79 Å². The molecule has 0 saturated carbocycles. The molecule has 0 spiro atoms. The van der Waals surface area contributed by atoms with Gasteiger partial charge in [-0.1, -0.05) is 0 Å². The number of hydrogen-bond donors (Lipinski definition) is 3. The molecule has 0 atom stereocenters. The number of rotatable bonds is 4. The fraction of sp³-hybridized carbons (Fsp3) is 0.818. The number of nitrogens with one attached hydrogen (secondary N) is 2. The standard InChI is InChI=1S/C11H22N4O3/c1-15(2)10(17)14-6-5-13-9(16)11(12)3-7-18-8-4-11/h3-8,12H2,1-2H3,(H,13,16)(H,14,17). The van der Waals surface area contributed by atoms with Crippen LogP contribution in [0.25, 0.3) is 0 Å². The molecule has 0 aliphatic carbocycles. The molecule has 0 unspecified atom stereocenters. The third-order valence-corrected chi connectivity index (χ3v) is 2.93. The second-order valence-electron chi connectivity index (χ2n) is 4.65. The number of urea groups is 1. The zero-order chi connectivity index (χ0) is 13.6. The van der Waals surface area contributed by atoms with Crippen LogP contribution in [-0.2, 0) is 9.53 Å². The Kier molecular flexibility index (Phi) is 5.36. The minimum atomic E-state index is -0.830. The zero-order valence-corrected chi connectivity index (χ0v) is 11.0. The lowest BCUT2D eigenvalue weighted by Crippen LogP contribution is -2.57. The van der Waals surface area contributed by atoms with Crippen LogP contribution in [0.3, 0.4) is 0 Å². The fourth-order valence-corrected chi connectivity index (χ4v) is 1.64. The van der Waals surface area contributed by atoms with Gasteiger partial charge in [0.1, 0.15) is 0 Å². The third kappa shape index (κ3) is 4.15. The number of nitrogens with zero attached hydrogens (tertiary/aromatic N) is 1. The highest BCUT2D eigenvalue weighted by molar-refractivity contribution is 5.86. The van der Waals surface area contributed by atoms with E-state index in [-0.39, 0.29) is 11.9 Å². The number of amides is 3. The Labute approximate surface area is 107 Å². The van der Waals surface area contributed by atoms with Crippen molar-refractivity contribution in [3.05, 3.63) is 0 Å². The quantitative estimate of drug-likeness (QED) is 0.557. The van der Waals surface area contributed by atoms with Crippen LogP contribution in [0.1, 0.15) is 12.8 Å². The van der Waals surface area contributed by atoms with E-state index in [1.165, 1.54) is 4.90 Å². The summed E-state index contributed by atoms with van der Waals surface area (Å²) in [5.74, 6) is -0.176. The molecule has 1 heterocycles. The monoisotopic (exact) mass is 258 g/mol. The Bertz CT molecular complexity index is 301. The van der Waals surface area contributed by atoms with Crippen LogP contribution in [0.15, 0.2) is 0 Å². The van der Waals surface area contributed by atoms with Gasteiger partial charge in [0.15, 0.2) is 0 Å². The van der Waals surface area contributed by atoms with Crippen molar-refractivity contribution in [2.24, 2.45) is 5.73 Å². The molecule has 7 heteroatoms. The summed E-state index contributed by atoms with van der Waals surface area (Å²) in [7, 11) is 3.32. The molecule has 1 aliphatic heterocycles. The van der Waals surface area contributed by atoms with Gasteiger partial charge in [-0.3, -0.25) is 4.79 Å². The molecule has 0 aromatic rings. The zero-order valence-electron chi connectivity index (χ0n) is 11.0. The second kappa shape index (κ2) is 6.55. The molecule has 0 radical (unpaired) electrons. The van der Waals surface area contributed by atoms with Crippen molar-refractivity contribution >= 4 is 11.9 Å². The predicted octanol–water partition coefficient (Wildman–Crippen LogP) is -1.12. The number of carbonyl (C=O) groups is 2. The van der Waals surface area contributed by atoms with Crippen molar-refractivity contribution in [2.75, 3.05) is 40.4 Å². The first-order chi connectivity index (χ1) is 8.46. The summed E-state index contributed by atoms with van der Waals surface area (Å²) in [6.45, 7) is 1.79. The second-order valence-corrected chi connectivity index (χ2v) is 4.65. The van der Waals surface area contributed by atoms with Gasteiger partial charge in [-0.2, -0.15) is 0 Å². The average Bonchev–Trinajstić information content (AvgIpc) is 2.34. The molecule has 1 saturated heterocycles. The van der Waals surface area contributed by atoms with E-state index in [1.807, 2.05) is 0 Å². The summed E-state index contributed by atoms with van der Waals surface area (Å²) in [6.07, 6.45) is 1.06. The molecular weight excluding hydrogens is 236 g/mol. The van der Waals surface area contributed by atoms with E-state index in [9.17, 15) is 9.59 Å². The van der Waals surface area contributed by atoms with Gasteiger partial charge < -0.3 is 26.0 Å². The minimum Gasteiger partial charge on any atom is -0.381 e. The Hall–Kier alpha value is -1.34. The first kappa shape index (κ1) is 14.7. The van der Waals surface area contributed by atoms with Gasteiger partial charge in [0.2, 0.25) is 5.91 Å². The van der Waals surface area contributed by atoms with Gasteiger partial charge in [-0.15, -0.1) is 0 Å². The van der Waals surface area contributed by atoms with Crippen molar-refractivity contribution in [2.45, 2.75) is 18.4 Å². The summed E-state index contributed by atoms with van der Waals surface area (Å²) in [6, 6.07) is -0.183. The van der Waals surface area contributed by atoms with Crippen molar-refractivity contribution in [3.8, 4) is 0 Å². The molecule has 18 heavy (non-hydrogen) atoms. The normalized spacial score (nSPS) is 17.9. The fourth-order valence-electron chi connectivity index (χ4n) is 1.64. The van der Waals surface area contributed by atoms with Crippen LogP contribution in [0.5, 0.6) is 0 Å². The summed E-state index contributed by atoms with van der Waals surface area (Å²) < 4.78 is 5.18. The lowest BCUT2D eigenvalue weighted by molar-refractivity contribution is -0.129. The molecule has 0 bridgehead atoms. The van der Waals surface area contributed by atoms with Crippen LogP contribution in [0, 0.1) is 0 Å². The Morgan fingerprint density at radius 2 is 1.78 bits per heavy atom.